The number of rotatable bonds is 6. The largest absolute Gasteiger partial charge is 0.342 e. The predicted octanol–water partition coefficient (Wildman–Crippen LogP) is 5.33. The molecule has 150 valence electrons. The molecule has 29 heavy (non-hydrogen) atoms. The summed E-state index contributed by atoms with van der Waals surface area (Å²) in [6.45, 7) is 2.93. The van der Waals surface area contributed by atoms with Gasteiger partial charge in [-0.15, -0.1) is 23.5 Å². The molecule has 0 spiro atoms. The third-order valence-electron chi connectivity index (χ3n) is 4.86. The van der Waals surface area contributed by atoms with Crippen LogP contribution in [-0.2, 0) is 11.3 Å². The van der Waals surface area contributed by atoms with Crippen molar-refractivity contribution in [1.29, 1.82) is 0 Å². The van der Waals surface area contributed by atoms with Gasteiger partial charge in [-0.3, -0.25) is 4.79 Å². The lowest BCUT2D eigenvalue weighted by Crippen LogP contribution is -2.26. The standard InChI is InChI=1S/C22H22IN3OS2/c1-22(28-10-11-29-22)12-21(27)25-24-13-17-15-26(20-5-3-2-4-19(17)20)14-16-6-8-18(23)9-7-16/h2-9,13,15H,10-12,14H2,1H3,(H,25,27)/b24-13-. The van der Waals surface area contributed by atoms with Crippen LogP contribution in [0.15, 0.2) is 59.8 Å². The Kier molecular flexibility index (Phi) is 6.56. The van der Waals surface area contributed by atoms with Gasteiger partial charge in [0, 0.05) is 44.3 Å². The lowest BCUT2D eigenvalue weighted by molar-refractivity contribution is -0.121. The van der Waals surface area contributed by atoms with E-state index in [4.69, 9.17) is 0 Å². The Labute approximate surface area is 193 Å². The first-order valence-corrected chi connectivity index (χ1v) is 12.5. The number of para-hydroxylation sites is 1. The molecular formula is C22H22IN3OS2. The van der Waals surface area contributed by atoms with Gasteiger partial charge >= 0.3 is 0 Å². The second-order valence-corrected chi connectivity index (χ2v) is 11.9. The molecule has 1 saturated heterocycles. The molecule has 2 heterocycles. The van der Waals surface area contributed by atoms with E-state index in [2.05, 4.69) is 87.2 Å². The minimum Gasteiger partial charge on any atom is -0.342 e. The van der Waals surface area contributed by atoms with E-state index in [-0.39, 0.29) is 9.99 Å². The average Bonchev–Trinajstić information content (AvgIpc) is 3.28. The van der Waals surface area contributed by atoms with Gasteiger partial charge in [0.05, 0.1) is 16.7 Å². The van der Waals surface area contributed by atoms with E-state index < -0.39 is 0 Å². The molecule has 4 nitrogen and oxygen atoms in total. The van der Waals surface area contributed by atoms with Gasteiger partial charge in [0.25, 0.3) is 0 Å². The summed E-state index contributed by atoms with van der Waals surface area (Å²) in [5.74, 6) is 2.18. The summed E-state index contributed by atoms with van der Waals surface area (Å²) < 4.78 is 3.44. The number of halogens is 1. The Balaban J connectivity index is 1.49. The quantitative estimate of drug-likeness (QED) is 0.264. The van der Waals surface area contributed by atoms with E-state index in [9.17, 15) is 4.79 Å². The second-order valence-electron chi connectivity index (χ2n) is 7.16. The Morgan fingerprint density at radius 1 is 1.21 bits per heavy atom. The smallest absolute Gasteiger partial charge is 0.242 e. The fraction of sp³-hybridized carbons (Fsp3) is 0.273. The first-order valence-electron chi connectivity index (χ1n) is 9.45. The molecule has 0 bridgehead atoms. The number of benzene rings is 2. The van der Waals surface area contributed by atoms with Gasteiger partial charge in [-0.05, 0) is 53.3 Å². The maximum absolute atomic E-state index is 12.3. The zero-order chi connectivity index (χ0) is 20.3. The van der Waals surface area contributed by atoms with Crippen molar-refractivity contribution >= 4 is 69.1 Å². The Morgan fingerprint density at radius 3 is 2.69 bits per heavy atom. The minimum absolute atomic E-state index is 0.0247. The van der Waals surface area contributed by atoms with Crippen LogP contribution in [0.5, 0.6) is 0 Å². The highest BCUT2D eigenvalue weighted by Gasteiger charge is 2.32. The molecule has 2 aromatic carbocycles. The number of carbonyl (C=O) groups excluding carboxylic acids is 1. The van der Waals surface area contributed by atoms with Crippen molar-refractivity contribution in [3.8, 4) is 0 Å². The van der Waals surface area contributed by atoms with Crippen LogP contribution in [0.3, 0.4) is 0 Å². The number of aromatic nitrogens is 1. The monoisotopic (exact) mass is 535 g/mol. The highest BCUT2D eigenvalue weighted by atomic mass is 127. The van der Waals surface area contributed by atoms with Crippen LogP contribution in [0.2, 0.25) is 0 Å². The first kappa shape index (κ1) is 20.8. The van der Waals surface area contributed by atoms with Crippen LogP contribution in [-0.4, -0.2) is 32.3 Å². The molecule has 0 unspecified atom stereocenters. The topological polar surface area (TPSA) is 46.4 Å². The summed E-state index contributed by atoms with van der Waals surface area (Å²) >= 11 is 6.03. The zero-order valence-electron chi connectivity index (χ0n) is 16.1. The van der Waals surface area contributed by atoms with Crippen molar-refractivity contribution in [3.05, 3.63) is 69.4 Å². The molecule has 1 fully saturated rings. The molecule has 0 atom stereocenters. The summed E-state index contributed by atoms with van der Waals surface area (Å²) in [6.07, 6.45) is 4.33. The van der Waals surface area contributed by atoms with E-state index in [1.54, 1.807) is 6.21 Å². The van der Waals surface area contributed by atoms with E-state index >= 15 is 0 Å². The van der Waals surface area contributed by atoms with Gasteiger partial charge in [0.1, 0.15) is 0 Å². The van der Waals surface area contributed by atoms with Gasteiger partial charge < -0.3 is 4.57 Å². The number of fused-ring (bicyclic) bond motifs is 1. The van der Waals surface area contributed by atoms with E-state index in [0.717, 1.165) is 34.5 Å². The van der Waals surface area contributed by atoms with Crippen LogP contribution >= 0.6 is 46.1 Å². The third-order valence-corrected chi connectivity index (χ3v) is 8.87. The molecule has 1 aromatic heterocycles. The number of thioether (sulfide) groups is 2. The first-order chi connectivity index (χ1) is 14.0. The van der Waals surface area contributed by atoms with Crippen molar-refractivity contribution in [2.75, 3.05) is 11.5 Å². The molecule has 1 aliphatic rings. The van der Waals surface area contributed by atoms with Crippen LogP contribution < -0.4 is 5.43 Å². The van der Waals surface area contributed by atoms with Crippen molar-refractivity contribution in [2.24, 2.45) is 5.10 Å². The maximum atomic E-state index is 12.3. The number of nitrogens with zero attached hydrogens (tertiary/aromatic N) is 2. The Bertz CT molecular complexity index is 1040. The predicted molar refractivity (Wildman–Crippen MR) is 134 cm³/mol. The zero-order valence-corrected chi connectivity index (χ0v) is 19.9. The molecule has 0 saturated carbocycles. The van der Waals surface area contributed by atoms with E-state index in [0.29, 0.717) is 6.42 Å². The fourth-order valence-electron chi connectivity index (χ4n) is 3.46. The summed E-state index contributed by atoms with van der Waals surface area (Å²) in [5.41, 5.74) is 6.12. The summed E-state index contributed by atoms with van der Waals surface area (Å²) in [7, 11) is 0. The molecule has 7 heteroatoms. The number of carbonyl (C=O) groups is 1. The van der Waals surface area contributed by atoms with E-state index in [1.807, 2.05) is 35.7 Å². The second kappa shape index (κ2) is 9.14. The average molecular weight is 535 g/mol. The normalized spacial score (nSPS) is 15.9. The summed E-state index contributed by atoms with van der Waals surface area (Å²) in [5, 5.41) is 5.37. The van der Waals surface area contributed by atoms with Gasteiger partial charge in [0.2, 0.25) is 5.91 Å². The summed E-state index contributed by atoms with van der Waals surface area (Å²) in [4.78, 5) is 12.3. The third kappa shape index (κ3) is 5.19. The van der Waals surface area contributed by atoms with Gasteiger partial charge in [-0.1, -0.05) is 30.3 Å². The lowest BCUT2D eigenvalue weighted by Gasteiger charge is -2.19. The molecule has 0 aliphatic carbocycles. The molecule has 1 aliphatic heterocycles. The van der Waals surface area contributed by atoms with Gasteiger partial charge in [0.15, 0.2) is 0 Å². The SMILES string of the molecule is CC1(CC(=O)N/N=C\c2cn(Cc3ccc(I)cc3)c3ccccc23)SCCS1. The van der Waals surface area contributed by atoms with Crippen molar-refractivity contribution in [2.45, 2.75) is 24.0 Å². The summed E-state index contributed by atoms with van der Waals surface area (Å²) in [6, 6.07) is 16.9. The molecule has 0 radical (unpaired) electrons. The van der Waals surface area contributed by atoms with Crippen LogP contribution in [0, 0.1) is 3.57 Å². The highest BCUT2D eigenvalue weighted by Crippen LogP contribution is 2.45. The number of hydrogen-bond donors (Lipinski definition) is 1. The molecule has 1 N–H and O–H groups in total. The molecular weight excluding hydrogens is 513 g/mol. The minimum atomic E-state index is -0.0340. The van der Waals surface area contributed by atoms with Gasteiger partial charge in [-0.25, -0.2) is 5.43 Å². The number of hydrogen-bond acceptors (Lipinski definition) is 4. The lowest BCUT2D eigenvalue weighted by atomic mass is 10.2. The highest BCUT2D eigenvalue weighted by molar-refractivity contribution is 14.1. The number of nitrogens with one attached hydrogen (secondary N) is 1. The fourth-order valence-corrected chi connectivity index (χ4v) is 6.65. The number of hydrazone groups is 1. The van der Waals surface area contributed by atoms with Crippen molar-refractivity contribution in [3.63, 3.8) is 0 Å². The molecule has 3 aromatic rings. The Hall–Kier alpha value is -1.45. The maximum Gasteiger partial charge on any atom is 0.242 e. The van der Waals surface area contributed by atoms with Crippen LogP contribution in [0.1, 0.15) is 24.5 Å². The van der Waals surface area contributed by atoms with Gasteiger partial charge in [-0.2, -0.15) is 5.10 Å². The van der Waals surface area contributed by atoms with E-state index in [1.165, 1.54) is 9.13 Å². The van der Waals surface area contributed by atoms with Crippen molar-refractivity contribution < 1.29 is 4.79 Å². The molecule has 4 rings (SSSR count). The van der Waals surface area contributed by atoms with Crippen LogP contribution in [0.25, 0.3) is 10.9 Å². The van der Waals surface area contributed by atoms with Crippen LogP contribution in [0.4, 0.5) is 0 Å². The number of amides is 1. The Morgan fingerprint density at radius 2 is 1.93 bits per heavy atom. The molecule has 1 amide bonds. The van der Waals surface area contributed by atoms with Crippen molar-refractivity contribution in [1.82, 2.24) is 9.99 Å².